The predicted octanol–water partition coefficient (Wildman–Crippen LogP) is 2.72. The molecule has 0 aliphatic heterocycles. The molecule has 2 rings (SSSR count). The van der Waals surface area contributed by atoms with Crippen LogP contribution in [0, 0.1) is 13.8 Å². The van der Waals surface area contributed by atoms with Crippen molar-refractivity contribution in [1.82, 2.24) is 13.9 Å². The van der Waals surface area contributed by atoms with E-state index in [2.05, 4.69) is 4.98 Å². The Morgan fingerprint density at radius 3 is 2.59 bits per heavy atom. The average molecular weight is 329 g/mol. The summed E-state index contributed by atoms with van der Waals surface area (Å²) in [4.78, 5) is 3.96. The maximum Gasteiger partial charge on any atom is 0.319 e. The lowest BCUT2D eigenvalue weighted by Crippen LogP contribution is -2.28. The lowest BCUT2D eigenvalue weighted by molar-refractivity contribution is 0.0658. The van der Waals surface area contributed by atoms with Gasteiger partial charge in [-0.25, -0.2) is 13.4 Å². The highest BCUT2D eigenvalue weighted by atomic mass is 32.2. The molecule has 22 heavy (non-hydrogen) atoms. The van der Waals surface area contributed by atoms with Crippen LogP contribution < -0.4 is 0 Å². The van der Waals surface area contributed by atoms with Crippen LogP contribution in [0.3, 0.4) is 0 Å². The first-order valence-electron chi connectivity index (χ1n) is 6.57. The normalized spacial score (nSPS) is 12.3. The molecule has 1 aromatic heterocycles. The molecule has 0 radical (unpaired) electrons. The summed E-state index contributed by atoms with van der Waals surface area (Å²) in [6.45, 7) is 0.586. The van der Waals surface area contributed by atoms with Crippen LogP contribution in [0.4, 0.5) is 8.78 Å². The van der Waals surface area contributed by atoms with Gasteiger partial charge in [0.1, 0.15) is 5.82 Å². The summed E-state index contributed by atoms with van der Waals surface area (Å²) in [6.07, 6.45) is 2.34. The van der Waals surface area contributed by atoms with Gasteiger partial charge in [-0.1, -0.05) is 17.7 Å². The molecular formula is C14H17F2N3O2S. The van der Waals surface area contributed by atoms with Crippen LogP contribution in [0.5, 0.6) is 0 Å². The Kier molecular flexibility index (Phi) is 4.62. The minimum absolute atomic E-state index is 0.00848. The molecular weight excluding hydrogens is 312 g/mol. The molecule has 0 N–H and O–H groups in total. The van der Waals surface area contributed by atoms with E-state index in [4.69, 9.17) is 0 Å². The quantitative estimate of drug-likeness (QED) is 0.847. The summed E-state index contributed by atoms with van der Waals surface area (Å²) in [7, 11) is -2.42. The van der Waals surface area contributed by atoms with Gasteiger partial charge in [0.25, 0.3) is 0 Å². The van der Waals surface area contributed by atoms with Crippen molar-refractivity contribution < 1.29 is 17.2 Å². The third-order valence-electron chi connectivity index (χ3n) is 3.34. The molecule has 0 aliphatic rings. The Labute approximate surface area is 128 Å². The fraction of sp³-hybridized carbons (Fsp3) is 0.357. The van der Waals surface area contributed by atoms with Crippen LogP contribution in [-0.2, 0) is 16.6 Å². The number of aromatic nitrogens is 2. The van der Waals surface area contributed by atoms with E-state index in [1.165, 1.54) is 19.3 Å². The summed E-state index contributed by atoms with van der Waals surface area (Å²) in [5.41, 5.74) is 1.57. The summed E-state index contributed by atoms with van der Waals surface area (Å²) < 4.78 is 52.4. The largest absolute Gasteiger partial charge is 0.319 e. The Bertz CT molecular complexity index is 772. The Morgan fingerprint density at radius 1 is 1.32 bits per heavy atom. The highest BCUT2D eigenvalue weighted by Crippen LogP contribution is 2.22. The molecule has 0 bridgehead atoms. The lowest BCUT2D eigenvalue weighted by Gasteiger charge is -2.19. The number of hydrogen-bond acceptors (Lipinski definition) is 3. The fourth-order valence-corrected chi connectivity index (χ4v) is 3.51. The van der Waals surface area contributed by atoms with Crippen molar-refractivity contribution in [1.29, 1.82) is 0 Å². The van der Waals surface area contributed by atoms with Gasteiger partial charge >= 0.3 is 6.55 Å². The fourth-order valence-electron chi connectivity index (χ4n) is 2.18. The number of halogens is 2. The molecule has 0 amide bonds. The van der Waals surface area contributed by atoms with Crippen LogP contribution in [-0.4, -0.2) is 29.3 Å². The van der Waals surface area contributed by atoms with E-state index in [0.717, 1.165) is 16.1 Å². The molecule has 5 nitrogen and oxygen atoms in total. The first-order valence-corrected chi connectivity index (χ1v) is 8.01. The molecule has 0 spiro atoms. The highest BCUT2D eigenvalue weighted by molar-refractivity contribution is 7.89. The van der Waals surface area contributed by atoms with Gasteiger partial charge in [-0.05, 0) is 25.5 Å². The van der Waals surface area contributed by atoms with Crippen molar-refractivity contribution in [2.24, 2.45) is 0 Å². The smallest absolute Gasteiger partial charge is 0.277 e. The SMILES string of the molecule is Cc1ccc(S(=O)(=O)N(C)Cc2nccn2C(F)F)c(C)c1. The number of aryl methyl sites for hydroxylation is 2. The number of rotatable bonds is 5. The van der Waals surface area contributed by atoms with Crippen molar-refractivity contribution in [3.05, 3.63) is 47.5 Å². The van der Waals surface area contributed by atoms with E-state index in [1.54, 1.807) is 19.1 Å². The van der Waals surface area contributed by atoms with Gasteiger partial charge in [-0.2, -0.15) is 13.1 Å². The second-order valence-corrected chi connectivity index (χ2v) is 7.07. The molecule has 0 fully saturated rings. The molecule has 120 valence electrons. The molecule has 0 unspecified atom stereocenters. The minimum Gasteiger partial charge on any atom is -0.277 e. The van der Waals surface area contributed by atoms with Crippen LogP contribution in [0.2, 0.25) is 0 Å². The highest BCUT2D eigenvalue weighted by Gasteiger charge is 2.25. The first kappa shape index (κ1) is 16.6. The monoisotopic (exact) mass is 329 g/mol. The van der Waals surface area contributed by atoms with Crippen LogP contribution in [0.1, 0.15) is 23.5 Å². The van der Waals surface area contributed by atoms with E-state index in [-0.39, 0.29) is 17.3 Å². The summed E-state index contributed by atoms with van der Waals surface area (Å²) in [5.74, 6) is -0.00848. The second-order valence-electron chi connectivity index (χ2n) is 5.06. The minimum atomic E-state index is -3.77. The van der Waals surface area contributed by atoms with Gasteiger partial charge in [0.05, 0.1) is 11.4 Å². The van der Waals surface area contributed by atoms with Gasteiger partial charge in [0.15, 0.2) is 0 Å². The van der Waals surface area contributed by atoms with Crippen LogP contribution in [0.15, 0.2) is 35.5 Å². The van der Waals surface area contributed by atoms with Gasteiger partial charge in [0.2, 0.25) is 10.0 Å². The topological polar surface area (TPSA) is 55.2 Å². The molecule has 2 aromatic rings. The van der Waals surface area contributed by atoms with Gasteiger partial charge in [-0.3, -0.25) is 4.57 Å². The standard InChI is InChI=1S/C14H17F2N3O2S/c1-10-4-5-12(11(2)8-10)22(20,21)18(3)9-13-17-6-7-19(13)14(15)16/h4-8,14H,9H2,1-3H3. The zero-order chi connectivity index (χ0) is 16.5. The van der Waals surface area contributed by atoms with E-state index in [0.29, 0.717) is 10.1 Å². The zero-order valence-electron chi connectivity index (χ0n) is 12.5. The first-order chi connectivity index (χ1) is 10.2. The Morgan fingerprint density at radius 2 is 2.00 bits per heavy atom. The molecule has 0 saturated carbocycles. The Balaban J connectivity index is 2.31. The summed E-state index contributed by atoms with van der Waals surface area (Å²) >= 11 is 0. The third kappa shape index (κ3) is 3.17. The van der Waals surface area contributed by atoms with Crippen molar-refractivity contribution in [2.75, 3.05) is 7.05 Å². The zero-order valence-corrected chi connectivity index (χ0v) is 13.3. The van der Waals surface area contributed by atoms with E-state index in [1.807, 2.05) is 6.92 Å². The molecule has 0 aliphatic carbocycles. The molecule has 1 aromatic carbocycles. The number of imidazole rings is 1. The van der Waals surface area contributed by atoms with Crippen molar-refractivity contribution in [2.45, 2.75) is 31.8 Å². The van der Waals surface area contributed by atoms with E-state index in [9.17, 15) is 17.2 Å². The van der Waals surface area contributed by atoms with Crippen molar-refractivity contribution in [3.63, 3.8) is 0 Å². The number of alkyl halides is 2. The summed E-state index contributed by atoms with van der Waals surface area (Å²) in [6, 6.07) is 4.99. The molecule has 0 atom stereocenters. The van der Waals surface area contributed by atoms with Gasteiger partial charge in [0, 0.05) is 19.4 Å². The number of benzene rings is 1. The summed E-state index contributed by atoms with van der Waals surface area (Å²) in [5, 5.41) is 0. The maximum atomic E-state index is 12.8. The number of sulfonamides is 1. The number of hydrogen-bond donors (Lipinski definition) is 0. The number of nitrogens with zero attached hydrogens (tertiary/aromatic N) is 3. The van der Waals surface area contributed by atoms with Crippen LogP contribution in [0.25, 0.3) is 0 Å². The molecule has 0 saturated heterocycles. The molecule has 1 heterocycles. The maximum absolute atomic E-state index is 12.8. The lowest BCUT2D eigenvalue weighted by atomic mass is 10.2. The van der Waals surface area contributed by atoms with Crippen LogP contribution >= 0.6 is 0 Å². The second kappa shape index (κ2) is 6.13. The van der Waals surface area contributed by atoms with Crippen molar-refractivity contribution >= 4 is 10.0 Å². The van der Waals surface area contributed by atoms with Gasteiger partial charge in [-0.15, -0.1) is 0 Å². The van der Waals surface area contributed by atoms with E-state index >= 15 is 0 Å². The van der Waals surface area contributed by atoms with E-state index < -0.39 is 16.6 Å². The average Bonchev–Trinajstić information content (AvgIpc) is 2.86. The predicted molar refractivity (Wildman–Crippen MR) is 78.0 cm³/mol. The molecule has 8 heteroatoms. The van der Waals surface area contributed by atoms with Crippen molar-refractivity contribution in [3.8, 4) is 0 Å². The van der Waals surface area contributed by atoms with Gasteiger partial charge < -0.3 is 0 Å². The third-order valence-corrected chi connectivity index (χ3v) is 5.31. The Hall–Kier alpha value is -1.80.